The van der Waals surface area contributed by atoms with Crippen LogP contribution in [0.5, 0.6) is 0 Å². The maximum Gasteiger partial charge on any atom is 0.326 e. The van der Waals surface area contributed by atoms with Gasteiger partial charge in [0, 0.05) is 13.1 Å². The number of anilines is 2. The third-order valence-electron chi connectivity index (χ3n) is 4.57. The number of fused-ring (bicyclic) bond motifs is 1. The van der Waals surface area contributed by atoms with Crippen LogP contribution < -0.4 is 15.9 Å². The fourth-order valence-corrected chi connectivity index (χ4v) is 3.29. The molecule has 0 atom stereocenters. The molecule has 1 aliphatic rings. The molecule has 2 N–H and O–H groups in total. The van der Waals surface area contributed by atoms with Crippen molar-refractivity contribution >= 4 is 28.3 Å². The minimum Gasteiger partial charge on any atom is -0.378 e. The average molecular weight is 370 g/mol. The molecule has 1 aliphatic heterocycles. The maximum atomic E-state index is 13.3. The van der Waals surface area contributed by atoms with Gasteiger partial charge in [-0.05, 0) is 30.3 Å². The largest absolute Gasteiger partial charge is 0.378 e. The quantitative estimate of drug-likeness (QED) is 0.736. The van der Waals surface area contributed by atoms with Crippen molar-refractivity contribution in [2.45, 2.75) is 6.54 Å². The van der Waals surface area contributed by atoms with Crippen molar-refractivity contribution < 1.29 is 13.9 Å². The molecular weight excluding hydrogens is 351 g/mol. The Kier molecular flexibility index (Phi) is 4.64. The van der Waals surface area contributed by atoms with Crippen LogP contribution in [0.1, 0.15) is 0 Å². The lowest BCUT2D eigenvalue weighted by Crippen LogP contribution is -2.37. The standard InChI is InChI=1S/C19H19FN4O3/c20-13-5-6-17-15(11-13)22-19(26)24(17)12-18(25)21-14-3-1-2-4-16(14)23-7-9-27-10-8-23/h1-6,11H,7-10,12H2,(H,21,25)(H,22,26). The van der Waals surface area contributed by atoms with E-state index in [1.54, 1.807) is 0 Å². The van der Waals surface area contributed by atoms with Gasteiger partial charge in [0.1, 0.15) is 12.4 Å². The Morgan fingerprint density at radius 2 is 1.96 bits per heavy atom. The Labute approximate surface area is 154 Å². The lowest BCUT2D eigenvalue weighted by atomic mass is 10.2. The first kappa shape index (κ1) is 17.3. The summed E-state index contributed by atoms with van der Waals surface area (Å²) in [5, 5.41) is 2.88. The molecule has 2 heterocycles. The van der Waals surface area contributed by atoms with Gasteiger partial charge in [-0.2, -0.15) is 0 Å². The molecule has 140 valence electrons. The van der Waals surface area contributed by atoms with Gasteiger partial charge in [-0.15, -0.1) is 0 Å². The van der Waals surface area contributed by atoms with Crippen molar-refractivity contribution in [1.82, 2.24) is 9.55 Å². The molecule has 4 rings (SSSR count). The molecule has 0 bridgehead atoms. The van der Waals surface area contributed by atoms with Crippen LogP contribution in [0.2, 0.25) is 0 Å². The Morgan fingerprint density at radius 1 is 1.19 bits per heavy atom. The van der Waals surface area contributed by atoms with Crippen LogP contribution in [0.4, 0.5) is 15.8 Å². The molecule has 1 amide bonds. The molecule has 0 spiro atoms. The number of nitrogens with one attached hydrogen (secondary N) is 2. The second kappa shape index (κ2) is 7.24. The lowest BCUT2D eigenvalue weighted by Gasteiger charge is -2.30. The van der Waals surface area contributed by atoms with E-state index in [0.717, 1.165) is 18.8 Å². The monoisotopic (exact) mass is 370 g/mol. The predicted molar refractivity (Wildman–Crippen MR) is 101 cm³/mol. The highest BCUT2D eigenvalue weighted by Crippen LogP contribution is 2.26. The molecule has 0 saturated carbocycles. The normalized spacial score (nSPS) is 14.5. The molecule has 2 aromatic carbocycles. The number of nitrogens with zero attached hydrogens (tertiary/aromatic N) is 2. The fourth-order valence-electron chi connectivity index (χ4n) is 3.29. The molecule has 0 unspecified atom stereocenters. The number of carbonyl (C=O) groups excluding carboxylic acids is 1. The minimum atomic E-state index is -0.452. The van der Waals surface area contributed by atoms with E-state index in [4.69, 9.17) is 4.74 Å². The van der Waals surface area contributed by atoms with E-state index in [1.807, 2.05) is 24.3 Å². The molecular formula is C19H19FN4O3. The third kappa shape index (κ3) is 3.56. The number of aromatic nitrogens is 2. The molecule has 27 heavy (non-hydrogen) atoms. The Morgan fingerprint density at radius 3 is 2.78 bits per heavy atom. The number of carbonyl (C=O) groups is 1. The first-order chi connectivity index (χ1) is 13.1. The SMILES string of the molecule is O=C(Cn1c(=O)[nH]c2cc(F)ccc21)Nc1ccccc1N1CCOCC1. The smallest absolute Gasteiger partial charge is 0.326 e. The molecule has 0 aliphatic carbocycles. The summed E-state index contributed by atoms with van der Waals surface area (Å²) in [6, 6.07) is 11.5. The molecule has 1 saturated heterocycles. The summed E-state index contributed by atoms with van der Waals surface area (Å²) in [6.45, 7) is 2.62. The van der Waals surface area contributed by atoms with Gasteiger partial charge in [0.2, 0.25) is 5.91 Å². The van der Waals surface area contributed by atoms with E-state index in [9.17, 15) is 14.0 Å². The van der Waals surface area contributed by atoms with E-state index < -0.39 is 11.5 Å². The zero-order valence-corrected chi connectivity index (χ0v) is 14.6. The molecule has 3 aromatic rings. The van der Waals surface area contributed by atoms with Gasteiger partial charge in [0.25, 0.3) is 0 Å². The van der Waals surface area contributed by atoms with Gasteiger partial charge in [-0.25, -0.2) is 9.18 Å². The summed E-state index contributed by atoms with van der Waals surface area (Å²) in [4.78, 5) is 29.4. The maximum absolute atomic E-state index is 13.3. The highest BCUT2D eigenvalue weighted by Gasteiger charge is 2.17. The zero-order valence-electron chi connectivity index (χ0n) is 14.6. The van der Waals surface area contributed by atoms with E-state index in [-0.39, 0.29) is 12.5 Å². The van der Waals surface area contributed by atoms with Crippen molar-refractivity contribution in [3.05, 3.63) is 58.8 Å². The third-order valence-corrected chi connectivity index (χ3v) is 4.57. The van der Waals surface area contributed by atoms with Crippen LogP contribution in [0.25, 0.3) is 11.0 Å². The number of morpholine rings is 1. The number of benzene rings is 2. The second-order valence-electron chi connectivity index (χ2n) is 6.34. The van der Waals surface area contributed by atoms with Gasteiger partial charge < -0.3 is 19.9 Å². The first-order valence-electron chi connectivity index (χ1n) is 8.71. The number of imidazole rings is 1. The number of para-hydroxylation sites is 2. The molecule has 0 radical (unpaired) electrons. The van der Waals surface area contributed by atoms with E-state index in [1.165, 1.54) is 22.8 Å². The van der Waals surface area contributed by atoms with Crippen molar-refractivity contribution in [3.63, 3.8) is 0 Å². The minimum absolute atomic E-state index is 0.165. The van der Waals surface area contributed by atoms with Crippen LogP contribution in [-0.2, 0) is 16.1 Å². The van der Waals surface area contributed by atoms with Gasteiger partial charge in [-0.1, -0.05) is 12.1 Å². The highest BCUT2D eigenvalue weighted by molar-refractivity contribution is 5.95. The number of halogens is 1. The van der Waals surface area contributed by atoms with Crippen LogP contribution in [0.3, 0.4) is 0 Å². The summed E-state index contributed by atoms with van der Waals surface area (Å²) >= 11 is 0. The van der Waals surface area contributed by atoms with Crippen LogP contribution in [0, 0.1) is 5.82 Å². The van der Waals surface area contributed by atoms with Crippen molar-refractivity contribution in [1.29, 1.82) is 0 Å². The fraction of sp³-hybridized carbons (Fsp3) is 0.263. The van der Waals surface area contributed by atoms with Crippen molar-refractivity contribution in [3.8, 4) is 0 Å². The van der Waals surface area contributed by atoms with Crippen molar-refractivity contribution in [2.75, 3.05) is 36.5 Å². The first-order valence-corrected chi connectivity index (χ1v) is 8.71. The predicted octanol–water partition coefficient (Wildman–Crippen LogP) is 1.94. The van der Waals surface area contributed by atoms with E-state index >= 15 is 0 Å². The van der Waals surface area contributed by atoms with Gasteiger partial charge in [0.05, 0.1) is 35.6 Å². The van der Waals surface area contributed by atoms with E-state index in [2.05, 4.69) is 15.2 Å². The van der Waals surface area contributed by atoms with E-state index in [0.29, 0.717) is 29.9 Å². The summed E-state index contributed by atoms with van der Waals surface area (Å²) in [6.07, 6.45) is 0. The summed E-state index contributed by atoms with van der Waals surface area (Å²) in [5.74, 6) is -0.775. The van der Waals surface area contributed by atoms with Crippen molar-refractivity contribution in [2.24, 2.45) is 0 Å². The number of amides is 1. The Hall–Kier alpha value is -3.13. The lowest BCUT2D eigenvalue weighted by molar-refractivity contribution is -0.116. The number of hydrogen-bond donors (Lipinski definition) is 2. The van der Waals surface area contributed by atoms with Gasteiger partial charge in [0.15, 0.2) is 0 Å². The van der Waals surface area contributed by atoms with Crippen LogP contribution in [0.15, 0.2) is 47.3 Å². The number of hydrogen-bond acceptors (Lipinski definition) is 4. The summed E-state index contributed by atoms with van der Waals surface area (Å²) < 4.78 is 20.0. The second-order valence-corrected chi connectivity index (χ2v) is 6.34. The number of aromatic amines is 1. The van der Waals surface area contributed by atoms with Gasteiger partial charge >= 0.3 is 5.69 Å². The number of ether oxygens (including phenoxy) is 1. The zero-order chi connectivity index (χ0) is 18.8. The van der Waals surface area contributed by atoms with Crippen LogP contribution >= 0.6 is 0 Å². The molecule has 7 nitrogen and oxygen atoms in total. The average Bonchev–Trinajstić information content (AvgIpc) is 2.97. The Bertz CT molecular complexity index is 1040. The van der Waals surface area contributed by atoms with Gasteiger partial charge in [-0.3, -0.25) is 9.36 Å². The molecule has 8 heteroatoms. The number of H-pyrrole nitrogens is 1. The summed E-state index contributed by atoms with van der Waals surface area (Å²) in [5.41, 5.74) is 2.00. The molecule has 1 fully saturated rings. The molecule has 1 aromatic heterocycles. The topological polar surface area (TPSA) is 79.4 Å². The summed E-state index contributed by atoms with van der Waals surface area (Å²) in [7, 11) is 0. The van der Waals surface area contributed by atoms with Crippen LogP contribution in [-0.4, -0.2) is 41.8 Å². The number of rotatable bonds is 4. The highest BCUT2D eigenvalue weighted by atomic mass is 19.1. The Balaban J connectivity index is 1.56.